The first-order valence-corrected chi connectivity index (χ1v) is 5.40. The summed E-state index contributed by atoms with van der Waals surface area (Å²) in [6.07, 6.45) is 3.86. The van der Waals surface area contributed by atoms with Crippen molar-refractivity contribution in [2.45, 2.75) is 47.0 Å². The average Bonchev–Trinajstić information content (AvgIpc) is 2.02. The van der Waals surface area contributed by atoms with Gasteiger partial charge in [0, 0.05) is 18.4 Å². The Morgan fingerprint density at radius 3 is 2.36 bits per heavy atom. The summed E-state index contributed by atoms with van der Waals surface area (Å²) in [7, 11) is 0. The summed E-state index contributed by atoms with van der Waals surface area (Å²) in [5.74, 6) is 0.724. The SMILES string of the molecule is CCCC(C)C(O)=CC(=O)CC(C)C. The van der Waals surface area contributed by atoms with Gasteiger partial charge in [-0.1, -0.05) is 34.1 Å². The Kier molecular flexibility index (Phi) is 6.26. The molecular weight excluding hydrogens is 176 g/mol. The van der Waals surface area contributed by atoms with Crippen molar-refractivity contribution in [1.82, 2.24) is 0 Å². The molecule has 0 fully saturated rings. The monoisotopic (exact) mass is 198 g/mol. The molecule has 0 aliphatic heterocycles. The molecule has 0 heterocycles. The minimum absolute atomic E-state index is 0.0282. The number of carbonyl (C=O) groups excluding carboxylic acids is 1. The molecule has 0 aliphatic carbocycles. The summed E-state index contributed by atoms with van der Waals surface area (Å²) in [5.41, 5.74) is 0. The Labute approximate surface area is 87.0 Å². The van der Waals surface area contributed by atoms with Crippen molar-refractivity contribution in [3.63, 3.8) is 0 Å². The van der Waals surface area contributed by atoms with E-state index < -0.39 is 0 Å². The van der Waals surface area contributed by atoms with Gasteiger partial charge in [-0.3, -0.25) is 4.79 Å². The van der Waals surface area contributed by atoms with Crippen molar-refractivity contribution in [2.75, 3.05) is 0 Å². The summed E-state index contributed by atoms with van der Waals surface area (Å²) in [5, 5.41) is 9.57. The number of hydrogen-bond donors (Lipinski definition) is 1. The van der Waals surface area contributed by atoms with Crippen LogP contribution in [0.25, 0.3) is 0 Å². The minimum Gasteiger partial charge on any atom is -0.512 e. The molecule has 2 heteroatoms. The second kappa shape index (κ2) is 6.63. The molecule has 1 atom stereocenters. The second-order valence-corrected chi connectivity index (χ2v) is 4.32. The third kappa shape index (κ3) is 5.79. The molecule has 0 radical (unpaired) electrons. The van der Waals surface area contributed by atoms with Crippen LogP contribution in [0.1, 0.15) is 47.0 Å². The van der Waals surface area contributed by atoms with Crippen LogP contribution in [0.15, 0.2) is 11.8 Å². The largest absolute Gasteiger partial charge is 0.512 e. The summed E-state index contributed by atoms with van der Waals surface area (Å²) in [4.78, 5) is 11.3. The maximum atomic E-state index is 11.3. The first-order valence-electron chi connectivity index (χ1n) is 5.40. The van der Waals surface area contributed by atoms with E-state index in [-0.39, 0.29) is 17.5 Å². The Balaban J connectivity index is 4.14. The molecule has 0 bridgehead atoms. The van der Waals surface area contributed by atoms with E-state index in [9.17, 15) is 9.90 Å². The van der Waals surface area contributed by atoms with Gasteiger partial charge in [0.05, 0.1) is 5.76 Å². The normalized spacial score (nSPS) is 14.5. The number of ketones is 1. The topological polar surface area (TPSA) is 37.3 Å². The Morgan fingerprint density at radius 2 is 1.93 bits per heavy atom. The van der Waals surface area contributed by atoms with Crippen molar-refractivity contribution < 1.29 is 9.90 Å². The standard InChI is InChI=1S/C12H22O2/c1-5-6-10(4)12(14)8-11(13)7-9(2)3/h8-10,14H,5-7H2,1-4H3. The number of allylic oxidation sites excluding steroid dienone is 2. The molecule has 14 heavy (non-hydrogen) atoms. The first-order chi connectivity index (χ1) is 6.47. The zero-order valence-electron chi connectivity index (χ0n) is 9.71. The highest BCUT2D eigenvalue weighted by Crippen LogP contribution is 2.14. The molecule has 1 unspecified atom stereocenters. The maximum Gasteiger partial charge on any atom is 0.159 e. The van der Waals surface area contributed by atoms with Crippen LogP contribution in [0.4, 0.5) is 0 Å². The number of aliphatic hydroxyl groups excluding tert-OH is 1. The molecule has 82 valence electrons. The predicted octanol–water partition coefficient (Wildman–Crippen LogP) is 3.48. The van der Waals surface area contributed by atoms with Crippen molar-refractivity contribution in [1.29, 1.82) is 0 Å². The Hall–Kier alpha value is -0.790. The number of hydrogen-bond acceptors (Lipinski definition) is 2. The lowest BCUT2D eigenvalue weighted by Gasteiger charge is -2.08. The average molecular weight is 198 g/mol. The van der Waals surface area contributed by atoms with Gasteiger partial charge in [-0.15, -0.1) is 0 Å². The van der Waals surface area contributed by atoms with Crippen molar-refractivity contribution in [3.8, 4) is 0 Å². The van der Waals surface area contributed by atoms with Crippen molar-refractivity contribution in [3.05, 3.63) is 11.8 Å². The van der Waals surface area contributed by atoms with E-state index in [1.807, 2.05) is 20.8 Å². The third-order valence-electron chi connectivity index (χ3n) is 2.14. The molecule has 0 amide bonds. The number of rotatable bonds is 6. The van der Waals surface area contributed by atoms with E-state index >= 15 is 0 Å². The fraction of sp³-hybridized carbons (Fsp3) is 0.750. The van der Waals surface area contributed by atoms with E-state index in [1.165, 1.54) is 6.08 Å². The van der Waals surface area contributed by atoms with Gasteiger partial charge < -0.3 is 5.11 Å². The van der Waals surface area contributed by atoms with Gasteiger partial charge in [0.2, 0.25) is 0 Å². The quantitative estimate of drug-likeness (QED) is 0.524. The highest BCUT2D eigenvalue weighted by Gasteiger charge is 2.09. The molecule has 0 aromatic carbocycles. The molecule has 0 saturated heterocycles. The molecule has 0 aromatic heterocycles. The third-order valence-corrected chi connectivity index (χ3v) is 2.14. The van der Waals surface area contributed by atoms with Crippen LogP contribution in [-0.2, 0) is 4.79 Å². The van der Waals surface area contributed by atoms with E-state index in [0.29, 0.717) is 12.3 Å². The van der Waals surface area contributed by atoms with Gasteiger partial charge in [0.25, 0.3) is 0 Å². The molecule has 0 spiro atoms. The first kappa shape index (κ1) is 13.2. The molecule has 0 saturated carbocycles. The minimum atomic E-state index is 0.0282. The van der Waals surface area contributed by atoms with Crippen LogP contribution in [0.3, 0.4) is 0 Å². The summed E-state index contributed by atoms with van der Waals surface area (Å²) < 4.78 is 0. The van der Waals surface area contributed by atoms with E-state index in [2.05, 4.69) is 6.92 Å². The van der Waals surface area contributed by atoms with Gasteiger partial charge >= 0.3 is 0 Å². The Morgan fingerprint density at radius 1 is 1.36 bits per heavy atom. The number of aliphatic hydroxyl groups is 1. The van der Waals surface area contributed by atoms with Gasteiger partial charge in [0.15, 0.2) is 5.78 Å². The molecule has 1 N–H and O–H groups in total. The van der Waals surface area contributed by atoms with Crippen LogP contribution < -0.4 is 0 Å². The lowest BCUT2D eigenvalue weighted by atomic mass is 10.0. The van der Waals surface area contributed by atoms with Crippen LogP contribution in [0.2, 0.25) is 0 Å². The summed E-state index contributed by atoms with van der Waals surface area (Å²) >= 11 is 0. The summed E-state index contributed by atoms with van der Waals surface area (Å²) in [6.45, 7) is 8.01. The van der Waals surface area contributed by atoms with E-state index in [4.69, 9.17) is 0 Å². The fourth-order valence-corrected chi connectivity index (χ4v) is 1.35. The zero-order valence-corrected chi connectivity index (χ0v) is 9.71. The smallest absolute Gasteiger partial charge is 0.159 e. The van der Waals surface area contributed by atoms with Gasteiger partial charge in [-0.2, -0.15) is 0 Å². The van der Waals surface area contributed by atoms with Gasteiger partial charge in [-0.05, 0) is 12.3 Å². The van der Waals surface area contributed by atoms with E-state index in [0.717, 1.165) is 12.8 Å². The van der Waals surface area contributed by atoms with Crippen LogP contribution >= 0.6 is 0 Å². The van der Waals surface area contributed by atoms with Gasteiger partial charge in [-0.25, -0.2) is 0 Å². The molecule has 0 rings (SSSR count). The van der Waals surface area contributed by atoms with Crippen LogP contribution in [-0.4, -0.2) is 10.9 Å². The maximum absolute atomic E-state index is 11.3. The zero-order chi connectivity index (χ0) is 11.1. The van der Waals surface area contributed by atoms with Crippen molar-refractivity contribution in [2.24, 2.45) is 11.8 Å². The molecule has 0 aliphatic rings. The molecule has 2 nitrogen and oxygen atoms in total. The fourth-order valence-electron chi connectivity index (χ4n) is 1.35. The van der Waals surface area contributed by atoms with Crippen molar-refractivity contribution >= 4 is 5.78 Å². The Bertz CT molecular complexity index is 204. The van der Waals surface area contributed by atoms with E-state index in [1.54, 1.807) is 0 Å². The summed E-state index contributed by atoms with van der Waals surface area (Å²) in [6, 6.07) is 0. The predicted molar refractivity (Wildman–Crippen MR) is 59.2 cm³/mol. The molecule has 0 aromatic rings. The lowest BCUT2D eigenvalue weighted by molar-refractivity contribution is -0.115. The van der Waals surface area contributed by atoms with Crippen LogP contribution in [0.5, 0.6) is 0 Å². The lowest BCUT2D eigenvalue weighted by Crippen LogP contribution is -2.04. The van der Waals surface area contributed by atoms with Gasteiger partial charge in [0.1, 0.15) is 0 Å². The highest BCUT2D eigenvalue weighted by atomic mass is 16.3. The second-order valence-electron chi connectivity index (χ2n) is 4.32. The molecular formula is C12H22O2. The highest BCUT2D eigenvalue weighted by molar-refractivity contribution is 5.90. The van der Waals surface area contributed by atoms with Crippen LogP contribution in [0, 0.1) is 11.8 Å². The number of carbonyl (C=O) groups is 1.